The summed E-state index contributed by atoms with van der Waals surface area (Å²) in [6.45, 7) is 2.24. The quantitative estimate of drug-likeness (QED) is 0.266. The highest BCUT2D eigenvalue weighted by Crippen LogP contribution is 2.27. The molecule has 0 saturated heterocycles. The van der Waals surface area contributed by atoms with E-state index in [0.717, 1.165) is 23.1 Å². The van der Waals surface area contributed by atoms with Crippen molar-refractivity contribution >= 4 is 40.2 Å². The van der Waals surface area contributed by atoms with Crippen LogP contribution in [0.25, 0.3) is 40.2 Å². The Hall–Kier alpha value is -3.13. The number of fused-ring (bicyclic) bond motifs is 3. The lowest BCUT2D eigenvalue weighted by molar-refractivity contribution is 0.730. The van der Waals surface area contributed by atoms with Gasteiger partial charge in [-0.3, -0.25) is 0 Å². The largest absolute Gasteiger partial charge is 0.339 e. The van der Waals surface area contributed by atoms with Gasteiger partial charge >= 0.3 is 0 Å². The minimum atomic E-state index is 0.947. The van der Waals surface area contributed by atoms with Crippen LogP contribution in [-0.4, -0.2) is 9.97 Å². The lowest BCUT2D eigenvalue weighted by Crippen LogP contribution is -1.79. The molecule has 4 aromatic rings. The number of rotatable bonds is 7. The van der Waals surface area contributed by atoms with E-state index >= 15 is 0 Å². The van der Waals surface area contributed by atoms with Crippen LogP contribution in [0.2, 0.25) is 0 Å². The highest BCUT2D eigenvalue weighted by atomic mass is 14.8. The number of nitrogens with one attached hydrogen (secondary N) is 1. The molecule has 0 bridgehead atoms. The fraction of sp³-hybridized carbons (Fsp3) is 0.192. The molecule has 0 aliphatic rings. The Balaban J connectivity index is 1.62. The number of hydrogen-bond acceptors (Lipinski definition) is 1. The standard InChI is InChI=1S/C26H26N2/c1-2-3-4-5-7-12-22-18-24-23-17-21(14-13-20-10-8-6-9-11-20)15-16-25(23)28-26(24)27-19-22/h6-19H,2-5H2,1H3,(H,27,28)/b12-7+,14-13+. The first-order chi connectivity index (χ1) is 13.8. The Labute approximate surface area is 166 Å². The van der Waals surface area contributed by atoms with Crippen LogP contribution in [0, 0.1) is 0 Å². The van der Waals surface area contributed by atoms with Gasteiger partial charge in [0.05, 0.1) is 0 Å². The van der Waals surface area contributed by atoms with E-state index in [9.17, 15) is 0 Å². The van der Waals surface area contributed by atoms with E-state index in [1.807, 2.05) is 12.3 Å². The van der Waals surface area contributed by atoms with Crippen LogP contribution in [0.1, 0.15) is 49.3 Å². The summed E-state index contributed by atoms with van der Waals surface area (Å²) in [4.78, 5) is 8.06. The number of benzene rings is 2. The van der Waals surface area contributed by atoms with Crippen molar-refractivity contribution in [2.45, 2.75) is 32.6 Å². The van der Waals surface area contributed by atoms with Crippen LogP contribution in [-0.2, 0) is 0 Å². The Morgan fingerprint density at radius 1 is 0.821 bits per heavy atom. The molecule has 0 radical (unpaired) electrons. The van der Waals surface area contributed by atoms with Gasteiger partial charge < -0.3 is 4.98 Å². The van der Waals surface area contributed by atoms with Crippen molar-refractivity contribution in [2.75, 3.05) is 0 Å². The van der Waals surface area contributed by atoms with Gasteiger partial charge in [-0.05, 0) is 47.7 Å². The average Bonchev–Trinajstić information content (AvgIpc) is 3.10. The molecule has 2 nitrogen and oxygen atoms in total. The normalized spacial score (nSPS) is 12.0. The maximum Gasteiger partial charge on any atom is 0.138 e. The first kappa shape index (κ1) is 18.2. The highest BCUT2D eigenvalue weighted by molar-refractivity contribution is 6.07. The van der Waals surface area contributed by atoms with Gasteiger partial charge in [0.25, 0.3) is 0 Å². The van der Waals surface area contributed by atoms with Crippen LogP contribution >= 0.6 is 0 Å². The van der Waals surface area contributed by atoms with Gasteiger partial charge in [0.1, 0.15) is 5.65 Å². The number of allylic oxidation sites excluding steroid dienone is 1. The van der Waals surface area contributed by atoms with Crippen molar-refractivity contribution in [3.63, 3.8) is 0 Å². The molecule has 0 aliphatic heterocycles. The Kier molecular flexibility index (Phi) is 5.67. The first-order valence-electron chi connectivity index (χ1n) is 10.1. The van der Waals surface area contributed by atoms with E-state index in [2.05, 4.69) is 89.7 Å². The lowest BCUT2D eigenvalue weighted by Gasteiger charge is -1.98. The number of nitrogens with zero attached hydrogens (tertiary/aromatic N) is 1. The van der Waals surface area contributed by atoms with Gasteiger partial charge in [-0.2, -0.15) is 0 Å². The zero-order valence-electron chi connectivity index (χ0n) is 16.4. The van der Waals surface area contributed by atoms with Gasteiger partial charge in [-0.25, -0.2) is 4.98 Å². The summed E-state index contributed by atoms with van der Waals surface area (Å²) in [6.07, 6.45) is 15.7. The summed E-state index contributed by atoms with van der Waals surface area (Å²) in [5.41, 5.74) is 5.64. The smallest absolute Gasteiger partial charge is 0.138 e. The van der Waals surface area contributed by atoms with E-state index in [0.29, 0.717) is 0 Å². The highest BCUT2D eigenvalue weighted by Gasteiger charge is 2.06. The molecule has 0 unspecified atom stereocenters. The van der Waals surface area contributed by atoms with E-state index in [4.69, 9.17) is 0 Å². The lowest BCUT2D eigenvalue weighted by atomic mass is 10.1. The molecule has 140 valence electrons. The number of pyridine rings is 1. The van der Waals surface area contributed by atoms with Crippen LogP contribution in [0.15, 0.2) is 66.9 Å². The van der Waals surface area contributed by atoms with Gasteiger partial charge in [0, 0.05) is 22.5 Å². The predicted octanol–water partition coefficient (Wildman–Crippen LogP) is 7.48. The van der Waals surface area contributed by atoms with E-state index in [1.165, 1.54) is 41.2 Å². The molecule has 2 heterocycles. The second kappa shape index (κ2) is 8.71. The second-order valence-corrected chi connectivity index (χ2v) is 7.24. The fourth-order valence-corrected chi connectivity index (χ4v) is 3.49. The Morgan fingerprint density at radius 3 is 2.50 bits per heavy atom. The molecule has 0 amide bonds. The SMILES string of the molecule is CCCCC/C=C/c1cnc2[nH]c3ccc(/C=C/c4ccccc4)cc3c2c1. The van der Waals surface area contributed by atoms with Crippen molar-refractivity contribution in [1.29, 1.82) is 0 Å². The van der Waals surface area contributed by atoms with Crippen molar-refractivity contribution in [1.82, 2.24) is 9.97 Å². The summed E-state index contributed by atoms with van der Waals surface area (Å²) in [5, 5.41) is 2.40. The monoisotopic (exact) mass is 366 g/mol. The molecule has 2 heteroatoms. The number of aromatic amines is 1. The third-order valence-corrected chi connectivity index (χ3v) is 5.05. The molecule has 0 saturated carbocycles. The summed E-state index contributed by atoms with van der Waals surface area (Å²) in [7, 11) is 0. The van der Waals surface area contributed by atoms with Crippen molar-refractivity contribution in [3.05, 3.63) is 83.6 Å². The zero-order chi connectivity index (χ0) is 19.2. The molecule has 0 aliphatic carbocycles. The molecule has 0 spiro atoms. The van der Waals surface area contributed by atoms with E-state index in [-0.39, 0.29) is 0 Å². The molecule has 0 fully saturated rings. The van der Waals surface area contributed by atoms with Crippen LogP contribution in [0.4, 0.5) is 0 Å². The molecular weight excluding hydrogens is 340 g/mol. The molecule has 2 aromatic heterocycles. The van der Waals surface area contributed by atoms with E-state index in [1.54, 1.807) is 0 Å². The number of aromatic nitrogens is 2. The van der Waals surface area contributed by atoms with Gasteiger partial charge in [-0.15, -0.1) is 0 Å². The fourth-order valence-electron chi connectivity index (χ4n) is 3.49. The third-order valence-electron chi connectivity index (χ3n) is 5.05. The summed E-state index contributed by atoms with van der Waals surface area (Å²) < 4.78 is 0. The van der Waals surface area contributed by atoms with Crippen molar-refractivity contribution in [3.8, 4) is 0 Å². The summed E-state index contributed by atoms with van der Waals surface area (Å²) >= 11 is 0. The minimum Gasteiger partial charge on any atom is -0.339 e. The number of hydrogen-bond donors (Lipinski definition) is 1. The molecule has 4 rings (SSSR count). The Morgan fingerprint density at radius 2 is 1.64 bits per heavy atom. The molecular formula is C26H26N2. The zero-order valence-corrected chi connectivity index (χ0v) is 16.4. The number of H-pyrrole nitrogens is 1. The molecule has 2 aromatic carbocycles. The van der Waals surface area contributed by atoms with Crippen LogP contribution in [0.5, 0.6) is 0 Å². The molecule has 1 N–H and O–H groups in total. The maximum atomic E-state index is 4.63. The van der Waals surface area contributed by atoms with Crippen LogP contribution in [0.3, 0.4) is 0 Å². The first-order valence-corrected chi connectivity index (χ1v) is 10.1. The summed E-state index contributed by atoms with van der Waals surface area (Å²) in [5.74, 6) is 0. The van der Waals surface area contributed by atoms with Gasteiger partial charge in [-0.1, -0.05) is 80.5 Å². The summed E-state index contributed by atoms with van der Waals surface area (Å²) in [6, 6.07) is 19.2. The van der Waals surface area contributed by atoms with E-state index < -0.39 is 0 Å². The predicted molar refractivity (Wildman–Crippen MR) is 122 cm³/mol. The van der Waals surface area contributed by atoms with Gasteiger partial charge in [0.15, 0.2) is 0 Å². The molecule has 28 heavy (non-hydrogen) atoms. The minimum absolute atomic E-state index is 0.947. The van der Waals surface area contributed by atoms with Gasteiger partial charge in [0.2, 0.25) is 0 Å². The topological polar surface area (TPSA) is 28.7 Å². The molecule has 0 atom stereocenters. The maximum absolute atomic E-state index is 4.63. The number of unbranched alkanes of at least 4 members (excludes halogenated alkanes) is 3. The van der Waals surface area contributed by atoms with Crippen LogP contribution < -0.4 is 0 Å². The van der Waals surface area contributed by atoms with Crippen molar-refractivity contribution < 1.29 is 0 Å². The third kappa shape index (κ3) is 4.23. The average molecular weight is 367 g/mol. The second-order valence-electron chi connectivity index (χ2n) is 7.24. The Bertz CT molecular complexity index is 1120. The van der Waals surface area contributed by atoms with Crippen molar-refractivity contribution in [2.24, 2.45) is 0 Å².